The van der Waals surface area contributed by atoms with Crippen molar-refractivity contribution >= 4 is 23.1 Å². The van der Waals surface area contributed by atoms with Crippen LogP contribution in [0.5, 0.6) is 0 Å². The van der Waals surface area contributed by atoms with Gasteiger partial charge in [-0.25, -0.2) is 0 Å². The molecule has 0 unspecified atom stereocenters. The Morgan fingerprint density at radius 1 is 1.50 bits per heavy atom. The molecule has 0 saturated carbocycles. The third-order valence-electron chi connectivity index (χ3n) is 1.60. The summed E-state index contributed by atoms with van der Waals surface area (Å²) in [6.45, 7) is 3.66. The van der Waals surface area contributed by atoms with E-state index in [-0.39, 0.29) is 5.91 Å². The van der Waals surface area contributed by atoms with Crippen LogP contribution in [-0.2, 0) is 9.53 Å². The summed E-state index contributed by atoms with van der Waals surface area (Å²) in [7, 11) is 0. The lowest BCUT2D eigenvalue weighted by atomic mass is 10.3. The Bertz CT molecular complexity index is 186. The molecule has 14 heavy (non-hydrogen) atoms. The second-order valence-corrected chi connectivity index (χ2v) is 3.39. The maximum absolute atomic E-state index is 11.1. The molecule has 0 bridgehead atoms. The van der Waals surface area contributed by atoms with E-state index in [0.717, 1.165) is 6.42 Å². The summed E-state index contributed by atoms with van der Waals surface area (Å²) in [6.07, 6.45) is 1.90. The van der Waals surface area contributed by atoms with Gasteiger partial charge in [-0.1, -0.05) is 12.2 Å². The van der Waals surface area contributed by atoms with Crippen LogP contribution in [-0.4, -0.2) is 30.7 Å². The van der Waals surface area contributed by atoms with Crippen LogP contribution in [0.3, 0.4) is 0 Å². The molecule has 0 aliphatic heterocycles. The van der Waals surface area contributed by atoms with E-state index in [2.05, 4.69) is 5.32 Å². The van der Waals surface area contributed by atoms with Gasteiger partial charge in [-0.2, -0.15) is 0 Å². The maximum atomic E-state index is 11.1. The summed E-state index contributed by atoms with van der Waals surface area (Å²) in [5.41, 5.74) is 5.31. The molecule has 0 aliphatic carbocycles. The summed E-state index contributed by atoms with van der Waals surface area (Å²) in [5, 5.41) is 2.76. The molecule has 0 atom stereocenters. The van der Waals surface area contributed by atoms with E-state index < -0.39 is 0 Å². The fourth-order valence-corrected chi connectivity index (χ4v) is 1.03. The van der Waals surface area contributed by atoms with E-state index in [0.29, 0.717) is 37.6 Å². The highest BCUT2D eigenvalue weighted by molar-refractivity contribution is 7.80. The normalized spacial score (nSPS) is 9.79. The molecule has 0 aliphatic rings. The van der Waals surface area contributed by atoms with E-state index >= 15 is 0 Å². The van der Waals surface area contributed by atoms with Gasteiger partial charge in [0.15, 0.2) is 0 Å². The number of carbonyl (C=O) groups excluding carboxylic acids is 1. The van der Waals surface area contributed by atoms with E-state index in [1.165, 1.54) is 0 Å². The lowest BCUT2D eigenvalue weighted by molar-refractivity contribution is -0.122. The van der Waals surface area contributed by atoms with Gasteiger partial charge in [0.05, 0.1) is 11.6 Å². The van der Waals surface area contributed by atoms with Crippen molar-refractivity contribution in [1.29, 1.82) is 0 Å². The second kappa shape index (κ2) is 8.90. The van der Waals surface area contributed by atoms with E-state index in [4.69, 9.17) is 22.7 Å². The van der Waals surface area contributed by atoms with Crippen LogP contribution >= 0.6 is 12.2 Å². The molecule has 0 aromatic carbocycles. The molecular formula is C9H18N2O2S. The smallest absolute Gasteiger partial charge is 0.222 e. The topological polar surface area (TPSA) is 64.3 Å². The van der Waals surface area contributed by atoms with Crippen LogP contribution in [0, 0.1) is 0 Å². The van der Waals surface area contributed by atoms with Crippen LogP contribution in [0.25, 0.3) is 0 Å². The zero-order chi connectivity index (χ0) is 10.8. The summed E-state index contributed by atoms with van der Waals surface area (Å²) in [4.78, 5) is 11.6. The van der Waals surface area contributed by atoms with Crippen molar-refractivity contribution < 1.29 is 9.53 Å². The van der Waals surface area contributed by atoms with Crippen LogP contribution in [0.4, 0.5) is 0 Å². The Hall–Kier alpha value is -0.680. The molecule has 5 heteroatoms. The van der Waals surface area contributed by atoms with Gasteiger partial charge in [0, 0.05) is 19.6 Å². The zero-order valence-corrected chi connectivity index (χ0v) is 9.36. The van der Waals surface area contributed by atoms with E-state index in [9.17, 15) is 4.79 Å². The highest BCUT2D eigenvalue weighted by atomic mass is 32.1. The van der Waals surface area contributed by atoms with Gasteiger partial charge >= 0.3 is 0 Å². The monoisotopic (exact) mass is 218 g/mol. The number of carbonyl (C=O) groups is 1. The molecule has 4 nitrogen and oxygen atoms in total. The van der Waals surface area contributed by atoms with Crippen molar-refractivity contribution in [1.82, 2.24) is 5.32 Å². The molecule has 0 rings (SSSR count). The molecular weight excluding hydrogens is 200 g/mol. The molecule has 0 heterocycles. The standard InChI is InChI=1S/C9H18N2O2S/c1-2-13-7-5-9(12)11-6-3-4-8(10)14/h2-7H2,1H3,(H2,10,14)(H,11,12). The van der Waals surface area contributed by atoms with Crippen molar-refractivity contribution in [2.24, 2.45) is 5.73 Å². The Balaban J connectivity index is 3.22. The quantitative estimate of drug-likeness (QED) is 0.462. The zero-order valence-electron chi connectivity index (χ0n) is 8.54. The minimum absolute atomic E-state index is 0.0152. The van der Waals surface area contributed by atoms with Gasteiger partial charge in [0.2, 0.25) is 5.91 Å². The fourth-order valence-electron chi connectivity index (χ4n) is 0.888. The molecule has 82 valence electrons. The predicted molar refractivity (Wildman–Crippen MR) is 60.1 cm³/mol. The average molecular weight is 218 g/mol. The van der Waals surface area contributed by atoms with Gasteiger partial charge in [0.1, 0.15) is 0 Å². The molecule has 0 aromatic rings. The average Bonchev–Trinajstić information content (AvgIpc) is 2.13. The maximum Gasteiger partial charge on any atom is 0.222 e. The lowest BCUT2D eigenvalue weighted by Crippen LogP contribution is -2.26. The number of nitrogens with two attached hydrogens (primary N) is 1. The first kappa shape index (κ1) is 13.3. The fraction of sp³-hybridized carbons (Fsp3) is 0.778. The Labute approximate surface area is 90.2 Å². The lowest BCUT2D eigenvalue weighted by Gasteiger charge is -2.04. The van der Waals surface area contributed by atoms with Crippen LogP contribution in [0.15, 0.2) is 0 Å². The van der Waals surface area contributed by atoms with Crippen molar-refractivity contribution in [2.75, 3.05) is 19.8 Å². The van der Waals surface area contributed by atoms with Gasteiger partial charge in [-0.3, -0.25) is 4.79 Å². The number of amides is 1. The first-order valence-corrected chi connectivity index (χ1v) is 5.20. The van der Waals surface area contributed by atoms with E-state index in [1.807, 2.05) is 6.92 Å². The van der Waals surface area contributed by atoms with Gasteiger partial charge in [-0.05, 0) is 19.8 Å². The number of hydrogen-bond donors (Lipinski definition) is 2. The second-order valence-electron chi connectivity index (χ2n) is 2.87. The SMILES string of the molecule is CCOCCC(=O)NCCCC(N)=S. The van der Waals surface area contributed by atoms with Crippen molar-refractivity contribution in [2.45, 2.75) is 26.2 Å². The molecule has 0 aromatic heterocycles. The Kier molecular flexibility index (Phi) is 8.47. The Morgan fingerprint density at radius 2 is 2.21 bits per heavy atom. The number of thiocarbonyl (C=S) groups is 1. The van der Waals surface area contributed by atoms with Gasteiger partial charge < -0.3 is 15.8 Å². The summed E-state index contributed by atoms with van der Waals surface area (Å²) < 4.78 is 5.05. The third kappa shape index (κ3) is 9.41. The summed E-state index contributed by atoms with van der Waals surface area (Å²) in [5.74, 6) is 0.0152. The third-order valence-corrected chi connectivity index (χ3v) is 1.80. The first-order valence-electron chi connectivity index (χ1n) is 4.79. The van der Waals surface area contributed by atoms with Gasteiger partial charge in [0.25, 0.3) is 0 Å². The number of rotatable bonds is 8. The summed E-state index contributed by atoms with van der Waals surface area (Å²) >= 11 is 4.71. The molecule has 3 N–H and O–H groups in total. The van der Waals surface area contributed by atoms with Crippen molar-refractivity contribution in [3.05, 3.63) is 0 Å². The van der Waals surface area contributed by atoms with E-state index in [1.54, 1.807) is 0 Å². The number of ether oxygens (including phenoxy) is 1. The van der Waals surface area contributed by atoms with Crippen LogP contribution in [0.2, 0.25) is 0 Å². The highest BCUT2D eigenvalue weighted by Gasteiger charge is 1.99. The number of hydrogen-bond acceptors (Lipinski definition) is 3. The van der Waals surface area contributed by atoms with Crippen LogP contribution in [0.1, 0.15) is 26.2 Å². The van der Waals surface area contributed by atoms with Crippen LogP contribution < -0.4 is 11.1 Å². The minimum Gasteiger partial charge on any atom is -0.393 e. The van der Waals surface area contributed by atoms with Crippen molar-refractivity contribution in [3.63, 3.8) is 0 Å². The molecule has 0 radical (unpaired) electrons. The predicted octanol–water partition coefficient (Wildman–Crippen LogP) is 0.596. The minimum atomic E-state index is 0.0152. The van der Waals surface area contributed by atoms with Gasteiger partial charge in [-0.15, -0.1) is 0 Å². The molecule has 0 fully saturated rings. The number of nitrogens with one attached hydrogen (secondary N) is 1. The Morgan fingerprint density at radius 3 is 2.79 bits per heavy atom. The molecule has 0 saturated heterocycles. The van der Waals surface area contributed by atoms with Crippen molar-refractivity contribution in [3.8, 4) is 0 Å². The first-order chi connectivity index (χ1) is 6.66. The largest absolute Gasteiger partial charge is 0.393 e. The molecule has 0 spiro atoms. The molecule has 1 amide bonds. The summed E-state index contributed by atoms with van der Waals surface area (Å²) in [6, 6.07) is 0. The highest BCUT2D eigenvalue weighted by Crippen LogP contribution is 1.88.